The van der Waals surface area contributed by atoms with Crippen LogP contribution in [0.3, 0.4) is 0 Å². The van der Waals surface area contributed by atoms with Gasteiger partial charge in [0.2, 0.25) is 0 Å². The van der Waals surface area contributed by atoms with Gasteiger partial charge >= 0.3 is 5.97 Å². The molecule has 0 radical (unpaired) electrons. The van der Waals surface area contributed by atoms with E-state index in [4.69, 9.17) is 14.7 Å². The predicted octanol–water partition coefficient (Wildman–Crippen LogP) is 3.14. The maximum Gasteiger partial charge on any atom is 0.338 e. The molecule has 0 saturated carbocycles. The number of esters is 1. The second-order valence-corrected chi connectivity index (χ2v) is 5.51. The Morgan fingerprint density at radius 1 is 1.16 bits per heavy atom. The molecule has 1 N–H and O–H groups in total. The number of anilines is 1. The lowest BCUT2D eigenvalue weighted by Gasteiger charge is -2.09. The minimum Gasteiger partial charge on any atom is -0.484 e. The highest BCUT2D eigenvalue weighted by Gasteiger charge is 2.10. The van der Waals surface area contributed by atoms with Crippen molar-refractivity contribution in [3.63, 3.8) is 0 Å². The number of hydrogen-bond acceptors (Lipinski definition) is 5. The van der Waals surface area contributed by atoms with Crippen LogP contribution in [0.5, 0.6) is 5.75 Å². The SMILES string of the molecule is CC(C)OC(=O)c1ccc(NC(=O)COc2cccc(C#N)c2)cc1. The maximum atomic E-state index is 11.9. The highest BCUT2D eigenvalue weighted by atomic mass is 16.5. The van der Waals surface area contributed by atoms with Gasteiger partial charge in [-0.1, -0.05) is 6.07 Å². The summed E-state index contributed by atoms with van der Waals surface area (Å²) < 4.78 is 10.4. The molecule has 0 atom stereocenters. The van der Waals surface area contributed by atoms with E-state index in [1.165, 1.54) is 0 Å². The van der Waals surface area contributed by atoms with Crippen LogP contribution in [0.1, 0.15) is 29.8 Å². The molecular weight excluding hydrogens is 320 g/mol. The molecule has 0 aliphatic carbocycles. The van der Waals surface area contributed by atoms with Gasteiger partial charge in [0.05, 0.1) is 23.3 Å². The molecule has 0 fully saturated rings. The zero-order chi connectivity index (χ0) is 18.2. The molecule has 0 heterocycles. The highest BCUT2D eigenvalue weighted by Crippen LogP contribution is 2.14. The number of carbonyl (C=O) groups excluding carboxylic acids is 2. The van der Waals surface area contributed by atoms with E-state index < -0.39 is 5.97 Å². The summed E-state index contributed by atoms with van der Waals surface area (Å²) in [5.41, 5.74) is 1.42. The molecule has 0 saturated heterocycles. The van der Waals surface area contributed by atoms with Crippen LogP contribution in [-0.2, 0) is 9.53 Å². The molecule has 2 rings (SSSR count). The third kappa shape index (κ3) is 5.66. The summed E-state index contributed by atoms with van der Waals surface area (Å²) in [6.07, 6.45) is -0.191. The standard InChI is InChI=1S/C19H18N2O4/c1-13(2)25-19(23)15-6-8-16(9-7-15)21-18(22)12-24-17-5-3-4-14(10-17)11-20/h3-10,13H,12H2,1-2H3,(H,21,22). The molecule has 0 aliphatic rings. The van der Waals surface area contributed by atoms with Crippen LogP contribution in [0.2, 0.25) is 0 Å². The first-order chi connectivity index (χ1) is 12.0. The summed E-state index contributed by atoms with van der Waals surface area (Å²) in [7, 11) is 0. The van der Waals surface area contributed by atoms with Gasteiger partial charge in [-0.2, -0.15) is 5.26 Å². The van der Waals surface area contributed by atoms with E-state index in [2.05, 4.69) is 5.32 Å². The Morgan fingerprint density at radius 3 is 2.52 bits per heavy atom. The normalized spacial score (nSPS) is 10.0. The van der Waals surface area contributed by atoms with Gasteiger partial charge in [0, 0.05) is 5.69 Å². The zero-order valence-corrected chi connectivity index (χ0v) is 14.0. The van der Waals surface area contributed by atoms with E-state index >= 15 is 0 Å². The van der Waals surface area contributed by atoms with Gasteiger partial charge in [-0.3, -0.25) is 4.79 Å². The monoisotopic (exact) mass is 338 g/mol. The molecule has 0 bridgehead atoms. The van der Waals surface area contributed by atoms with Crippen molar-refractivity contribution in [3.8, 4) is 11.8 Å². The third-order valence-corrected chi connectivity index (χ3v) is 3.08. The Kier molecular flexibility index (Phi) is 6.13. The molecule has 6 heteroatoms. The number of ether oxygens (including phenoxy) is 2. The molecule has 2 aromatic carbocycles. The van der Waals surface area contributed by atoms with E-state index in [9.17, 15) is 9.59 Å². The van der Waals surface area contributed by atoms with Crippen LogP contribution >= 0.6 is 0 Å². The van der Waals surface area contributed by atoms with Gasteiger partial charge in [-0.05, 0) is 56.3 Å². The number of benzene rings is 2. The molecule has 2 aromatic rings. The topological polar surface area (TPSA) is 88.4 Å². The van der Waals surface area contributed by atoms with Crippen molar-refractivity contribution >= 4 is 17.6 Å². The van der Waals surface area contributed by atoms with E-state index in [0.717, 1.165) is 0 Å². The second kappa shape index (κ2) is 8.50. The lowest BCUT2D eigenvalue weighted by molar-refractivity contribution is -0.118. The summed E-state index contributed by atoms with van der Waals surface area (Å²) >= 11 is 0. The number of amides is 1. The third-order valence-electron chi connectivity index (χ3n) is 3.08. The van der Waals surface area contributed by atoms with Crippen LogP contribution in [0.25, 0.3) is 0 Å². The molecule has 1 amide bonds. The van der Waals surface area contributed by atoms with Crippen LogP contribution in [-0.4, -0.2) is 24.6 Å². The summed E-state index contributed by atoms with van der Waals surface area (Å²) in [6, 6.07) is 15.0. The molecular formula is C19H18N2O4. The van der Waals surface area contributed by atoms with Crippen LogP contribution in [0.4, 0.5) is 5.69 Å². The fourth-order valence-corrected chi connectivity index (χ4v) is 1.97. The van der Waals surface area contributed by atoms with Gasteiger partial charge in [-0.15, -0.1) is 0 Å². The average Bonchev–Trinajstić information content (AvgIpc) is 2.60. The maximum absolute atomic E-state index is 11.9. The summed E-state index contributed by atoms with van der Waals surface area (Å²) in [4.78, 5) is 23.7. The molecule has 0 spiro atoms. The Morgan fingerprint density at radius 2 is 1.88 bits per heavy atom. The highest BCUT2D eigenvalue weighted by molar-refractivity contribution is 5.93. The fraction of sp³-hybridized carbons (Fsp3) is 0.211. The van der Waals surface area contributed by atoms with E-state index in [1.54, 1.807) is 62.4 Å². The summed E-state index contributed by atoms with van der Waals surface area (Å²) in [5, 5.41) is 11.5. The van der Waals surface area contributed by atoms with Gasteiger partial charge in [0.25, 0.3) is 5.91 Å². The minimum atomic E-state index is -0.409. The average molecular weight is 338 g/mol. The second-order valence-electron chi connectivity index (χ2n) is 5.51. The zero-order valence-electron chi connectivity index (χ0n) is 14.0. The molecule has 0 aliphatic heterocycles. The minimum absolute atomic E-state index is 0.188. The van der Waals surface area contributed by atoms with Crippen molar-refractivity contribution in [2.24, 2.45) is 0 Å². The van der Waals surface area contributed by atoms with E-state index in [0.29, 0.717) is 22.6 Å². The number of hydrogen-bond donors (Lipinski definition) is 1. The molecule has 128 valence electrons. The van der Waals surface area contributed by atoms with Gasteiger partial charge in [-0.25, -0.2) is 4.79 Å². The largest absolute Gasteiger partial charge is 0.484 e. The summed E-state index contributed by atoms with van der Waals surface area (Å²) in [5.74, 6) is -0.311. The Hall–Kier alpha value is -3.33. The van der Waals surface area contributed by atoms with Gasteiger partial charge in [0.1, 0.15) is 5.75 Å². The Labute approximate surface area is 146 Å². The number of nitrogens with zero attached hydrogens (tertiary/aromatic N) is 1. The van der Waals surface area contributed by atoms with Crippen molar-refractivity contribution in [3.05, 3.63) is 59.7 Å². The Balaban J connectivity index is 1.88. The van der Waals surface area contributed by atoms with E-state index in [-0.39, 0.29) is 18.6 Å². The van der Waals surface area contributed by atoms with Crippen molar-refractivity contribution < 1.29 is 19.1 Å². The number of rotatable bonds is 6. The lowest BCUT2D eigenvalue weighted by Crippen LogP contribution is -2.20. The molecule has 0 unspecified atom stereocenters. The predicted molar refractivity (Wildman–Crippen MR) is 92.3 cm³/mol. The smallest absolute Gasteiger partial charge is 0.338 e. The molecule has 0 aromatic heterocycles. The van der Waals surface area contributed by atoms with Crippen molar-refractivity contribution in [2.75, 3.05) is 11.9 Å². The lowest BCUT2D eigenvalue weighted by atomic mass is 10.2. The van der Waals surface area contributed by atoms with Gasteiger partial charge in [0.15, 0.2) is 6.61 Å². The quantitative estimate of drug-likeness (QED) is 0.818. The van der Waals surface area contributed by atoms with Crippen LogP contribution in [0, 0.1) is 11.3 Å². The van der Waals surface area contributed by atoms with Gasteiger partial charge < -0.3 is 14.8 Å². The first-order valence-corrected chi connectivity index (χ1v) is 7.72. The number of carbonyl (C=O) groups is 2. The number of nitriles is 1. The van der Waals surface area contributed by atoms with Crippen molar-refractivity contribution in [1.82, 2.24) is 0 Å². The van der Waals surface area contributed by atoms with Crippen LogP contribution < -0.4 is 10.1 Å². The first-order valence-electron chi connectivity index (χ1n) is 7.72. The van der Waals surface area contributed by atoms with E-state index in [1.807, 2.05) is 6.07 Å². The van der Waals surface area contributed by atoms with Crippen LogP contribution in [0.15, 0.2) is 48.5 Å². The van der Waals surface area contributed by atoms with Crippen molar-refractivity contribution in [1.29, 1.82) is 5.26 Å². The fourth-order valence-electron chi connectivity index (χ4n) is 1.97. The molecule has 6 nitrogen and oxygen atoms in total. The summed E-state index contributed by atoms with van der Waals surface area (Å²) in [6.45, 7) is 3.36. The van der Waals surface area contributed by atoms with Crippen molar-refractivity contribution in [2.45, 2.75) is 20.0 Å². The Bertz CT molecular complexity index is 792. The molecule has 25 heavy (non-hydrogen) atoms. The first kappa shape index (κ1) is 18.0. The number of nitrogens with one attached hydrogen (secondary N) is 1.